The molecule has 2 aromatic carbocycles. The van der Waals surface area contributed by atoms with Crippen LogP contribution in [0, 0.1) is 12.7 Å². The second kappa shape index (κ2) is 4.52. The summed E-state index contributed by atoms with van der Waals surface area (Å²) in [4.78, 5) is 4.14. The monoisotopic (exact) mass is 271 g/mol. The molecule has 1 aromatic heterocycles. The van der Waals surface area contributed by atoms with Crippen molar-refractivity contribution in [2.75, 3.05) is 5.73 Å². The number of rotatable bonds is 2. The molecule has 0 atom stereocenters. The van der Waals surface area contributed by atoms with E-state index in [0.717, 1.165) is 5.56 Å². The van der Waals surface area contributed by atoms with Crippen LogP contribution >= 0.6 is 0 Å². The molecule has 0 unspecified atom stereocenters. The van der Waals surface area contributed by atoms with Crippen LogP contribution in [-0.4, -0.2) is 9.55 Å². The van der Waals surface area contributed by atoms with Gasteiger partial charge in [-0.3, -0.25) is 0 Å². The van der Waals surface area contributed by atoms with Crippen LogP contribution in [0.25, 0.3) is 11.0 Å². The standard InChI is InChI=1S/C15H14FN3O/c1-9-5-10(17)3-4-14(9)20-11-6-12(16)15-13(7-11)18-8-19(15)2/h3-8H,17H2,1-2H3. The van der Waals surface area contributed by atoms with Gasteiger partial charge in [-0.2, -0.15) is 0 Å². The van der Waals surface area contributed by atoms with E-state index in [1.165, 1.54) is 6.07 Å². The zero-order chi connectivity index (χ0) is 14.3. The van der Waals surface area contributed by atoms with E-state index in [9.17, 15) is 4.39 Å². The van der Waals surface area contributed by atoms with E-state index in [4.69, 9.17) is 10.5 Å². The third-order valence-electron chi connectivity index (χ3n) is 3.17. The van der Waals surface area contributed by atoms with E-state index >= 15 is 0 Å². The first kappa shape index (κ1) is 12.5. The fraction of sp³-hybridized carbons (Fsp3) is 0.133. The van der Waals surface area contributed by atoms with Crippen LogP contribution in [0.4, 0.5) is 10.1 Å². The molecule has 0 aliphatic rings. The number of halogens is 1. The first-order valence-corrected chi connectivity index (χ1v) is 6.19. The van der Waals surface area contributed by atoms with Crippen molar-refractivity contribution in [3.63, 3.8) is 0 Å². The Kier molecular flexibility index (Phi) is 2.82. The number of hydrogen-bond donors (Lipinski definition) is 1. The van der Waals surface area contributed by atoms with E-state index < -0.39 is 0 Å². The van der Waals surface area contributed by atoms with Gasteiger partial charge in [-0.05, 0) is 30.7 Å². The van der Waals surface area contributed by atoms with Crippen LogP contribution < -0.4 is 10.5 Å². The Hall–Kier alpha value is -2.56. The van der Waals surface area contributed by atoms with E-state index in [2.05, 4.69) is 4.98 Å². The Morgan fingerprint density at radius 1 is 1.25 bits per heavy atom. The molecule has 0 bridgehead atoms. The van der Waals surface area contributed by atoms with E-state index in [-0.39, 0.29) is 5.82 Å². The molecule has 0 aliphatic heterocycles. The summed E-state index contributed by atoms with van der Waals surface area (Å²) in [6.45, 7) is 1.89. The van der Waals surface area contributed by atoms with Crippen molar-refractivity contribution in [1.82, 2.24) is 9.55 Å². The largest absolute Gasteiger partial charge is 0.457 e. The Morgan fingerprint density at radius 2 is 2.05 bits per heavy atom. The zero-order valence-corrected chi connectivity index (χ0v) is 11.2. The van der Waals surface area contributed by atoms with Gasteiger partial charge < -0.3 is 15.0 Å². The van der Waals surface area contributed by atoms with Crippen LogP contribution in [0.5, 0.6) is 11.5 Å². The van der Waals surface area contributed by atoms with Gasteiger partial charge in [0.2, 0.25) is 0 Å². The smallest absolute Gasteiger partial charge is 0.152 e. The second-order valence-corrected chi connectivity index (χ2v) is 4.76. The molecule has 1 heterocycles. The summed E-state index contributed by atoms with van der Waals surface area (Å²) in [5, 5.41) is 0. The topological polar surface area (TPSA) is 53.1 Å². The van der Waals surface area contributed by atoms with E-state index in [1.807, 2.05) is 13.0 Å². The number of aryl methyl sites for hydroxylation is 2. The highest BCUT2D eigenvalue weighted by Crippen LogP contribution is 2.29. The van der Waals surface area contributed by atoms with Crippen molar-refractivity contribution < 1.29 is 9.13 Å². The van der Waals surface area contributed by atoms with Crippen LogP contribution in [0.2, 0.25) is 0 Å². The Balaban J connectivity index is 2.02. The summed E-state index contributed by atoms with van der Waals surface area (Å²) >= 11 is 0. The molecule has 0 spiro atoms. The third kappa shape index (κ3) is 2.07. The van der Waals surface area contributed by atoms with Gasteiger partial charge in [-0.25, -0.2) is 9.37 Å². The highest BCUT2D eigenvalue weighted by Gasteiger charge is 2.10. The van der Waals surface area contributed by atoms with Gasteiger partial charge in [0.15, 0.2) is 5.82 Å². The van der Waals surface area contributed by atoms with E-state index in [0.29, 0.717) is 28.2 Å². The summed E-state index contributed by atoms with van der Waals surface area (Å²) in [6.07, 6.45) is 1.58. The average Bonchev–Trinajstić information content (AvgIpc) is 2.75. The molecule has 2 N–H and O–H groups in total. The fourth-order valence-corrected chi connectivity index (χ4v) is 2.19. The summed E-state index contributed by atoms with van der Waals surface area (Å²) in [5.41, 5.74) is 8.29. The van der Waals surface area contributed by atoms with Crippen molar-refractivity contribution in [1.29, 1.82) is 0 Å². The molecule has 3 rings (SSSR count). The molecule has 4 nitrogen and oxygen atoms in total. The van der Waals surface area contributed by atoms with Gasteiger partial charge in [-0.15, -0.1) is 0 Å². The van der Waals surface area contributed by atoms with Crippen LogP contribution in [0.15, 0.2) is 36.7 Å². The number of aromatic nitrogens is 2. The minimum Gasteiger partial charge on any atom is -0.457 e. The SMILES string of the molecule is Cc1cc(N)ccc1Oc1cc(F)c2c(c1)ncn2C. The Morgan fingerprint density at radius 3 is 2.80 bits per heavy atom. The molecule has 0 amide bonds. The minimum absolute atomic E-state index is 0.356. The first-order valence-electron chi connectivity index (χ1n) is 6.19. The number of anilines is 1. The molecule has 20 heavy (non-hydrogen) atoms. The van der Waals surface area contributed by atoms with Crippen LogP contribution in [-0.2, 0) is 7.05 Å². The molecular weight excluding hydrogens is 257 g/mol. The van der Waals surface area contributed by atoms with Crippen molar-refractivity contribution in [2.45, 2.75) is 6.92 Å². The maximum atomic E-state index is 14.0. The van der Waals surface area contributed by atoms with Gasteiger partial charge in [0, 0.05) is 24.9 Å². The molecule has 0 saturated heterocycles. The molecular formula is C15H14FN3O. The molecule has 0 radical (unpaired) electrons. The maximum Gasteiger partial charge on any atom is 0.152 e. The lowest BCUT2D eigenvalue weighted by atomic mass is 10.2. The summed E-state index contributed by atoms with van der Waals surface area (Å²) < 4.78 is 21.4. The number of nitrogens with two attached hydrogens (primary N) is 1. The summed E-state index contributed by atoms with van der Waals surface area (Å²) in [5.74, 6) is 0.709. The predicted molar refractivity (Wildman–Crippen MR) is 76.3 cm³/mol. The lowest BCUT2D eigenvalue weighted by molar-refractivity contribution is 0.474. The third-order valence-corrected chi connectivity index (χ3v) is 3.17. The highest BCUT2D eigenvalue weighted by molar-refractivity contribution is 5.77. The van der Waals surface area contributed by atoms with Gasteiger partial charge in [0.25, 0.3) is 0 Å². The minimum atomic E-state index is -0.356. The number of ether oxygens (including phenoxy) is 1. The van der Waals surface area contributed by atoms with Crippen molar-refractivity contribution in [3.8, 4) is 11.5 Å². The number of nitrogen functional groups attached to an aromatic ring is 1. The second-order valence-electron chi connectivity index (χ2n) is 4.76. The van der Waals surface area contributed by atoms with Crippen molar-refractivity contribution in [2.24, 2.45) is 7.05 Å². The van der Waals surface area contributed by atoms with Gasteiger partial charge in [-0.1, -0.05) is 0 Å². The number of nitrogens with zero attached hydrogens (tertiary/aromatic N) is 2. The highest BCUT2D eigenvalue weighted by atomic mass is 19.1. The normalized spacial score (nSPS) is 10.9. The van der Waals surface area contributed by atoms with Crippen LogP contribution in [0.1, 0.15) is 5.56 Å². The zero-order valence-electron chi connectivity index (χ0n) is 11.2. The molecule has 0 saturated carbocycles. The Bertz CT molecular complexity index is 795. The number of fused-ring (bicyclic) bond motifs is 1. The van der Waals surface area contributed by atoms with E-state index in [1.54, 1.807) is 36.1 Å². The van der Waals surface area contributed by atoms with Crippen LogP contribution in [0.3, 0.4) is 0 Å². The Labute approximate surface area is 115 Å². The molecule has 3 aromatic rings. The molecule has 0 fully saturated rings. The van der Waals surface area contributed by atoms with Crippen molar-refractivity contribution >= 4 is 16.7 Å². The number of benzene rings is 2. The first-order chi connectivity index (χ1) is 9.54. The average molecular weight is 271 g/mol. The maximum absolute atomic E-state index is 14.0. The summed E-state index contributed by atoms with van der Waals surface area (Å²) in [7, 11) is 1.75. The quantitative estimate of drug-likeness (QED) is 0.727. The number of imidazole rings is 1. The number of hydrogen-bond acceptors (Lipinski definition) is 3. The fourth-order valence-electron chi connectivity index (χ4n) is 2.19. The van der Waals surface area contributed by atoms with Crippen molar-refractivity contribution in [3.05, 3.63) is 48.0 Å². The predicted octanol–water partition coefficient (Wildman–Crippen LogP) is 3.40. The van der Waals surface area contributed by atoms with Gasteiger partial charge in [0.05, 0.1) is 11.8 Å². The van der Waals surface area contributed by atoms with Gasteiger partial charge >= 0.3 is 0 Å². The molecule has 102 valence electrons. The molecule has 5 heteroatoms. The lowest BCUT2D eigenvalue weighted by Gasteiger charge is -2.09. The summed E-state index contributed by atoms with van der Waals surface area (Å²) in [6, 6.07) is 8.40. The van der Waals surface area contributed by atoms with Gasteiger partial charge in [0.1, 0.15) is 17.0 Å². The lowest BCUT2D eigenvalue weighted by Crippen LogP contribution is -1.93. The molecule has 0 aliphatic carbocycles.